The predicted octanol–water partition coefficient (Wildman–Crippen LogP) is 14.0. The number of nitrogens with zero attached hydrogens (tertiary/aromatic N) is 1. The molecule has 0 aromatic carbocycles. The Bertz CT molecular complexity index is 669. The monoisotopic (exact) mass is 782 g/mol. The van der Waals surface area contributed by atoms with Crippen molar-refractivity contribution in [2.75, 3.05) is 13.1 Å². The van der Waals surface area contributed by atoms with E-state index in [2.05, 4.69) is 18.7 Å². The molecule has 0 saturated heterocycles. The normalized spacial score (nSPS) is 12.1. The summed E-state index contributed by atoms with van der Waals surface area (Å²) in [5.41, 5.74) is 0. The van der Waals surface area contributed by atoms with Crippen LogP contribution in [0, 0.1) is 0 Å². The van der Waals surface area contributed by atoms with Crippen LogP contribution in [0.4, 0.5) is 0 Å². The van der Waals surface area contributed by atoms with Gasteiger partial charge < -0.3 is 9.90 Å². The summed E-state index contributed by atoms with van der Waals surface area (Å²) in [6, 6.07) is -0.412. The van der Waals surface area contributed by atoms with Gasteiger partial charge in [-0.2, -0.15) is 0 Å². The van der Waals surface area contributed by atoms with Crippen molar-refractivity contribution in [2.24, 2.45) is 0 Å². The molecule has 0 aliphatic carbocycles. The fourth-order valence-corrected chi connectivity index (χ4v) is 8.84. The molecular weight excluding hydrogens is 678 g/mol. The van der Waals surface area contributed by atoms with E-state index in [1.165, 1.54) is 270 Å². The fourth-order valence-electron chi connectivity index (χ4n) is 8.84. The third kappa shape index (κ3) is 45.1. The van der Waals surface area contributed by atoms with E-state index in [9.17, 15) is 9.90 Å². The van der Waals surface area contributed by atoms with Crippen molar-refractivity contribution in [3.8, 4) is 0 Å². The van der Waals surface area contributed by atoms with Gasteiger partial charge in [0.05, 0.1) is 5.97 Å². The molecule has 0 aliphatic heterocycles. The molecule has 0 heterocycles. The van der Waals surface area contributed by atoms with E-state index < -0.39 is 12.0 Å². The van der Waals surface area contributed by atoms with Gasteiger partial charge in [0.25, 0.3) is 0 Å². The minimum Gasteiger partial charge on any atom is -0.548 e. The molecule has 0 rings (SSSR count). The zero-order valence-electron chi connectivity index (χ0n) is 39.6. The van der Waals surface area contributed by atoms with Crippen LogP contribution in [0.5, 0.6) is 0 Å². The number of hydrogen-bond acceptors (Lipinski definition) is 3. The summed E-state index contributed by atoms with van der Waals surface area (Å²) >= 11 is 0. The second kappa shape index (κ2) is 51.2. The van der Waals surface area contributed by atoms with Crippen LogP contribution in [-0.4, -0.2) is 30.0 Å². The Morgan fingerprint density at radius 3 is 0.625 bits per heavy atom. The minimum atomic E-state index is -0.875. The second-order valence-electron chi connectivity index (χ2n) is 18.1. The van der Waals surface area contributed by atoms with Gasteiger partial charge in [-0.1, -0.05) is 290 Å². The molecule has 0 radical (unpaired) electrons. The zero-order chi connectivity index (χ0) is 40.0. The first kappa shape index (κ1) is 58.1. The maximum atomic E-state index is 11.9. The summed E-state index contributed by atoms with van der Waals surface area (Å²) in [6.07, 6.45) is 62.4. The molecule has 0 aliphatic rings. The van der Waals surface area contributed by atoms with Crippen molar-refractivity contribution in [2.45, 2.75) is 316 Å². The quantitative estimate of drug-likeness (QED) is 0.0456. The fraction of sp³-hybridized carbons (Fsp3) is 0.981. The van der Waals surface area contributed by atoms with Crippen LogP contribution in [0.15, 0.2) is 0 Å². The molecule has 0 fully saturated rings. The number of unbranched alkanes of at least 4 members (excludes halogenated alkanes) is 42. The van der Waals surface area contributed by atoms with E-state index in [0.717, 1.165) is 25.9 Å². The van der Waals surface area contributed by atoms with E-state index in [1.807, 2.05) is 6.92 Å². The molecule has 0 N–H and O–H groups in total. The van der Waals surface area contributed by atoms with Gasteiger partial charge in [-0.25, -0.2) is 0 Å². The molecule has 3 nitrogen and oxygen atoms in total. The molecular formula is C52H104LiNO2. The van der Waals surface area contributed by atoms with Crippen molar-refractivity contribution in [3.05, 3.63) is 0 Å². The number of carboxylic acid groups (broad SMARTS) is 1. The van der Waals surface area contributed by atoms with Gasteiger partial charge in [-0.3, -0.25) is 4.90 Å². The van der Waals surface area contributed by atoms with Crippen LogP contribution in [0.3, 0.4) is 0 Å². The van der Waals surface area contributed by atoms with E-state index in [1.54, 1.807) is 0 Å². The molecule has 0 amide bonds. The third-order valence-corrected chi connectivity index (χ3v) is 12.7. The zero-order valence-corrected chi connectivity index (χ0v) is 39.6. The Morgan fingerprint density at radius 2 is 0.482 bits per heavy atom. The Balaban J connectivity index is 0. The van der Waals surface area contributed by atoms with Crippen molar-refractivity contribution in [3.63, 3.8) is 0 Å². The number of carbonyl (C=O) groups is 1. The molecule has 0 saturated carbocycles. The van der Waals surface area contributed by atoms with Gasteiger partial charge in [-0.15, -0.1) is 0 Å². The first-order valence-electron chi connectivity index (χ1n) is 26.1. The SMILES string of the molecule is CCCCCCCCCCCCCCCCCCCCCCCCN(CCCCCCCCCCCCCCCCCCCCCCCC)C(CC)C(=O)[O-].[Li+]. The van der Waals surface area contributed by atoms with Gasteiger partial charge in [0.15, 0.2) is 0 Å². The van der Waals surface area contributed by atoms with Crippen molar-refractivity contribution < 1.29 is 28.8 Å². The van der Waals surface area contributed by atoms with Gasteiger partial charge >= 0.3 is 18.9 Å². The summed E-state index contributed by atoms with van der Waals surface area (Å²) in [4.78, 5) is 14.1. The Morgan fingerprint density at radius 1 is 0.321 bits per heavy atom. The van der Waals surface area contributed by atoms with Crippen molar-refractivity contribution >= 4 is 5.97 Å². The number of hydrogen-bond donors (Lipinski definition) is 0. The van der Waals surface area contributed by atoms with E-state index >= 15 is 0 Å². The third-order valence-electron chi connectivity index (χ3n) is 12.7. The molecule has 1 unspecified atom stereocenters. The van der Waals surface area contributed by atoms with Crippen LogP contribution in [0.2, 0.25) is 0 Å². The molecule has 4 heteroatoms. The molecule has 0 aromatic heterocycles. The van der Waals surface area contributed by atoms with Gasteiger partial charge in [-0.05, 0) is 32.4 Å². The number of rotatable bonds is 49. The maximum Gasteiger partial charge on any atom is 1.00 e. The average Bonchev–Trinajstić information content (AvgIpc) is 3.18. The smallest absolute Gasteiger partial charge is 0.548 e. The summed E-state index contributed by atoms with van der Waals surface area (Å²) < 4.78 is 0. The summed E-state index contributed by atoms with van der Waals surface area (Å²) in [7, 11) is 0. The summed E-state index contributed by atoms with van der Waals surface area (Å²) in [6.45, 7) is 8.45. The Labute approximate surface area is 366 Å². The van der Waals surface area contributed by atoms with E-state index in [-0.39, 0.29) is 18.9 Å². The van der Waals surface area contributed by atoms with E-state index in [4.69, 9.17) is 0 Å². The summed E-state index contributed by atoms with van der Waals surface area (Å²) in [5.74, 6) is -0.875. The Kier molecular flexibility index (Phi) is 53.1. The topological polar surface area (TPSA) is 43.4 Å². The number of carboxylic acids is 1. The molecule has 0 bridgehead atoms. The second-order valence-corrected chi connectivity index (χ2v) is 18.1. The van der Waals surface area contributed by atoms with Crippen LogP contribution in [0.25, 0.3) is 0 Å². The van der Waals surface area contributed by atoms with E-state index in [0.29, 0.717) is 6.42 Å². The first-order valence-corrected chi connectivity index (χ1v) is 26.1. The van der Waals surface area contributed by atoms with Gasteiger partial charge in [0.2, 0.25) is 0 Å². The number of aliphatic carboxylic acids is 1. The number of carbonyl (C=O) groups excluding carboxylic acids is 1. The predicted molar refractivity (Wildman–Crippen MR) is 245 cm³/mol. The minimum absolute atomic E-state index is 0. The first-order chi connectivity index (χ1) is 27.2. The largest absolute Gasteiger partial charge is 1.00 e. The molecule has 0 aromatic rings. The van der Waals surface area contributed by atoms with Crippen LogP contribution in [0.1, 0.15) is 310 Å². The van der Waals surface area contributed by atoms with Crippen molar-refractivity contribution in [1.29, 1.82) is 0 Å². The summed E-state index contributed by atoms with van der Waals surface area (Å²) in [5, 5.41) is 11.9. The molecule has 56 heavy (non-hydrogen) atoms. The standard InChI is InChI=1S/C52H105NO2.Li/c1-4-7-9-11-13-15-17-19-21-23-25-27-29-31-33-35-37-39-41-43-45-47-49-53(51(6-3)52(54)55)50-48-46-44-42-40-38-36-34-32-30-28-26-24-22-20-18-16-14-12-10-8-5-2;/h51H,4-50H2,1-3H3,(H,54,55);/q;+1/p-1. The maximum absolute atomic E-state index is 11.9. The molecule has 330 valence electrons. The van der Waals surface area contributed by atoms with Crippen molar-refractivity contribution in [1.82, 2.24) is 4.90 Å². The average molecular weight is 782 g/mol. The molecule has 1 atom stereocenters. The molecule has 0 spiro atoms. The van der Waals surface area contributed by atoms with Gasteiger partial charge in [0.1, 0.15) is 0 Å². The van der Waals surface area contributed by atoms with Crippen LogP contribution < -0.4 is 24.0 Å². The van der Waals surface area contributed by atoms with Crippen LogP contribution in [-0.2, 0) is 4.79 Å². The Hall–Kier alpha value is 0.0274. The van der Waals surface area contributed by atoms with Gasteiger partial charge in [0, 0.05) is 6.04 Å². The van der Waals surface area contributed by atoms with Crippen LogP contribution >= 0.6 is 0 Å².